The number of carbonyl (C=O) groups excluding carboxylic acids is 1. The first-order chi connectivity index (χ1) is 5.81. The third-order valence-corrected chi connectivity index (χ3v) is 1.24. The van der Waals surface area contributed by atoms with Crippen LogP contribution in [0.3, 0.4) is 0 Å². The normalized spacial score (nSPS) is 8.17. The van der Waals surface area contributed by atoms with Crippen LogP contribution in [0.25, 0.3) is 0 Å². The van der Waals surface area contributed by atoms with E-state index in [4.69, 9.17) is 11.7 Å². The third kappa shape index (κ3) is 6.64. The average Bonchev–Trinajstić information content (AvgIpc) is 2.09. The lowest BCUT2D eigenvalue weighted by molar-refractivity contribution is -0.142. The molecule has 0 bridgehead atoms. The number of rotatable bonds is 5. The van der Waals surface area contributed by atoms with Gasteiger partial charge in [-0.1, -0.05) is 5.92 Å². The van der Waals surface area contributed by atoms with Crippen molar-refractivity contribution in [3.05, 3.63) is 0 Å². The fourth-order valence-electron chi connectivity index (χ4n) is 0.668. The van der Waals surface area contributed by atoms with E-state index < -0.39 is 0 Å². The van der Waals surface area contributed by atoms with Crippen LogP contribution in [-0.4, -0.2) is 12.6 Å². The molecule has 0 heterocycles. The van der Waals surface area contributed by atoms with Crippen molar-refractivity contribution in [3.63, 3.8) is 0 Å². The predicted octanol–water partition coefficient (Wildman–Crippen LogP) is 1.25. The van der Waals surface area contributed by atoms with E-state index in [-0.39, 0.29) is 12.6 Å². The molecule has 0 aromatic heterocycles. The zero-order valence-corrected chi connectivity index (χ0v) is 6.88. The molecular weight excluding hydrogens is 154 g/mol. The van der Waals surface area contributed by atoms with Gasteiger partial charge in [-0.25, -0.2) is 0 Å². The SMILES string of the molecule is C#CCOC(=O)CCCCC#N. The van der Waals surface area contributed by atoms with Crippen LogP contribution in [0.4, 0.5) is 0 Å². The maximum Gasteiger partial charge on any atom is 0.306 e. The molecule has 0 aliphatic carbocycles. The molecule has 12 heavy (non-hydrogen) atoms. The summed E-state index contributed by atoms with van der Waals surface area (Å²) in [7, 11) is 0. The van der Waals surface area contributed by atoms with E-state index in [1.54, 1.807) is 0 Å². The predicted molar refractivity (Wildman–Crippen MR) is 43.9 cm³/mol. The van der Waals surface area contributed by atoms with E-state index in [2.05, 4.69) is 10.7 Å². The summed E-state index contributed by atoms with van der Waals surface area (Å²) in [4.78, 5) is 10.8. The summed E-state index contributed by atoms with van der Waals surface area (Å²) in [6.07, 6.45) is 7.15. The second-order valence-corrected chi connectivity index (χ2v) is 2.23. The van der Waals surface area contributed by atoms with Crippen LogP contribution in [0.15, 0.2) is 0 Å². The second-order valence-electron chi connectivity index (χ2n) is 2.23. The minimum Gasteiger partial charge on any atom is -0.452 e. The van der Waals surface area contributed by atoms with Gasteiger partial charge in [0.05, 0.1) is 6.07 Å². The molecule has 0 aromatic rings. The summed E-state index contributed by atoms with van der Waals surface area (Å²) in [5.41, 5.74) is 0. The number of nitrogens with zero attached hydrogens (tertiary/aromatic N) is 1. The van der Waals surface area contributed by atoms with Crippen molar-refractivity contribution in [1.82, 2.24) is 0 Å². The van der Waals surface area contributed by atoms with E-state index in [0.29, 0.717) is 19.3 Å². The molecule has 0 radical (unpaired) electrons. The maximum atomic E-state index is 10.8. The van der Waals surface area contributed by atoms with Crippen molar-refractivity contribution in [3.8, 4) is 18.4 Å². The molecule has 0 amide bonds. The molecule has 0 saturated heterocycles. The molecule has 0 saturated carbocycles. The third-order valence-electron chi connectivity index (χ3n) is 1.24. The van der Waals surface area contributed by atoms with Gasteiger partial charge in [0.15, 0.2) is 6.61 Å². The summed E-state index contributed by atoms with van der Waals surface area (Å²) in [6, 6.07) is 2.00. The number of hydrogen-bond donors (Lipinski definition) is 0. The molecule has 0 atom stereocenters. The van der Waals surface area contributed by atoms with E-state index >= 15 is 0 Å². The lowest BCUT2D eigenvalue weighted by Gasteiger charge is -1.98. The summed E-state index contributed by atoms with van der Waals surface area (Å²) in [5.74, 6) is 1.92. The largest absolute Gasteiger partial charge is 0.452 e. The zero-order valence-electron chi connectivity index (χ0n) is 6.88. The van der Waals surface area contributed by atoms with Crippen molar-refractivity contribution in [2.24, 2.45) is 0 Å². The van der Waals surface area contributed by atoms with Gasteiger partial charge >= 0.3 is 5.97 Å². The van der Waals surface area contributed by atoms with Gasteiger partial charge in [-0.2, -0.15) is 5.26 Å². The van der Waals surface area contributed by atoms with Gasteiger partial charge in [-0.05, 0) is 12.8 Å². The number of unbranched alkanes of at least 4 members (excludes halogenated alkanes) is 2. The van der Waals surface area contributed by atoms with Crippen molar-refractivity contribution < 1.29 is 9.53 Å². The Bertz CT molecular complexity index is 210. The fraction of sp³-hybridized carbons (Fsp3) is 0.556. The number of terminal acetylenes is 1. The Morgan fingerprint density at radius 2 is 2.25 bits per heavy atom. The number of carbonyl (C=O) groups is 1. The minimum absolute atomic E-state index is 0.0388. The average molecular weight is 165 g/mol. The standard InChI is InChI=1S/C9H11NO2/c1-2-8-12-9(11)6-4-3-5-7-10/h1H,3-6,8H2. The van der Waals surface area contributed by atoms with Crippen LogP contribution in [0.2, 0.25) is 0 Å². The number of esters is 1. The highest BCUT2D eigenvalue weighted by molar-refractivity contribution is 5.69. The smallest absolute Gasteiger partial charge is 0.306 e. The Hall–Kier alpha value is -1.48. The molecule has 0 fully saturated rings. The second kappa shape index (κ2) is 7.63. The lowest BCUT2D eigenvalue weighted by Crippen LogP contribution is -2.03. The molecule has 0 aromatic carbocycles. The maximum absolute atomic E-state index is 10.8. The Kier molecular flexibility index (Phi) is 6.68. The van der Waals surface area contributed by atoms with E-state index in [1.807, 2.05) is 6.07 Å². The zero-order chi connectivity index (χ0) is 9.23. The van der Waals surface area contributed by atoms with E-state index in [0.717, 1.165) is 6.42 Å². The van der Waals surface area contributed by atoms with Crippen LogP contribution < -0.4 is 0 Å². The van der Waals surface area contributed by atoms with Crippen molar-refractivity contribution >= 4 is 5.97 Å². The van der Waals surface area contributed by atoms with E-state index in [9.17, 15) is 4.79 Å². The summed E-state index contributed by atoms with van der Waals surface area (Å²) in [6.45, 7) is 0.0388. The molecule has 64 valence electrons. The van der Waals surface area contributed by atoms with Crippen LogP contribution in [0.5, 0.6) is 0 Å². The first kappa shape index (κ1) is 10.5. The van der Waals surface area contributed by atoms with Gasteiger partial charge in [-0.15, -0.1) is 6.42 Å². The highest BCUT2D eigenvalue weighted by Crippen LogP contribution is 1.99. The number of nitriles is 1. The molecule has 0 unspecified atom stereocenters. The van der Waals surface area contributed by atoms with Gasteiger partial charge in [0.1, 0.15) is 0 Å². The summed E-state index contributed by atoms with van der Waals surface area (Å²) in [5, 5.41) is 8.18. The first-order valence-electron chi connectivity index (χ1n) is 3.77. The number of hydrogen-bond acceptors (Lipinski definition) is 3. The molecular formula is C9H11NO2. The quantitative estimate of drug-likeness (QED) is 0.350. The van der Waals surface area contributed by atoms with Gasteiger partial charge in [0, 0.05) is 12.8 Å². The molecule has 0 aliphatic heterocycles. The number of ether oxygens (including phenoxy) is 1. The minimum atomic E-state index is -0.286. The van der Waals surface area contributed by atoms with Gasteiger partial charge in [0.25, 0.3) is 0 Å². The highest BCUT2D eigenvalue weighted by Gasteiger charge is 2.00. The Morgan fingerprint density at radius 3 is 2.83 bits per heavy atom. The van der Waals surface area contributed by atoms with Gasteiger partial charge < -0.3 is 4.74 Å². The molecule has 0 spiro atoms. The van der Waals surface area contributed by atoms with Crippen LogP contribution in [0.1, 0.15) is 25.7 Å². The van der Waals surface area contributed by atoms with Crippen LogP contribution in [0, 0.1) is 23.7 Å². The van der Waals surface area contributed by atoms with Crippen LogP contribution >= 0.6 is 0 Å². The van der Waals surface area contributed by atoms with E-state index in [1.165, 1.54) is 0 Å². The molecule has 3 nitrogen and oxygen atoms in total. The Morgan fingerprint density at radius 1 is 1.50 bits per heavy atom. The van der Waals surface area contributed by atoms with Crippen LogP contribution in [-0.2, 0) is 9.53 Å². The van der Waals surface area contributed by atoms with Crippen molar-refractivity contribution in [1.29, 1.82) is 5.26 Å². The monoisotopic (exact) mass is 165 g/mol. The lowest BCUT2D eigenvalue weighted by atomic mass is 10.2. The van der Waals surface area contributed by atoms with Gasteiger partial charge in [-0.3, -0.25) is 4.79 Å². The Labute approximate surface area is 72.3 Å². The highest BCUT2D eigenvalue weighted by atomic mass is 16.5. The Balaban J connectivity index is 3.22. The molecule has 3 heteroatoms. The van der Waals surface area contributed by atoms with Crippen molar-refractivity contribution in [2.45, 2.75) is 25.7 Å². The summed E-state index contributed by atoms with van der Waals surface area (Å²) < 4.78 is 4.61. The fourth-order valence-corrected chi connectivity index (χ4v) is 0.668. The molecule has 0 rings (SSSR count). The molecule has 0 aliphatic rings. The molecule has 0 N–H and O–H groups in total. The summed E-state index contributed by atoms with van der Waals surface area (Å²) >= 11 is 0. The van der Waals surface area contributed by atoms with Gasteiger partial charge in [0.2, 0.25) is 0 Å². The van der Waals surface area contributed by atoms with Crippen molar-refractivity contribution in [2.75, 3.05) is 6.61 Å². The topological polar surface area (TPSA) is 50.1 Å². The first-order valence-corrected chi connectivity index (χ1v) is 3.77.